The van der Waals surface area contributed by atoms with Gasteiger partial charge in [-0.25, -0.2) is 4.39 Å². The fourth-order valence-electron chi connectivity index (χ4n) is 4.15. The Balaban J connectivity index is 1.62. The number of piperidine rings is 1. The lowest BCUT2D eigenvalue weighted by Crippen LogP contribution is -2.53. The summed E-state index contributed by atoms with van der Waals surface area (Å²) >= 11 is 0. The van der Waals surface area contributed by atoms with E-state index in [-0.39, 0.29) is 23.7 Å². The van der Waals surface area contributed by atoms with E-state index in [9.17, 15) is 9.18 Å². The quantitative estimate of drug-likeness (QED) is 0.634. The number of esters is 1. The first kappa shape index (κ1) is 21.5. The molecule has 1 fully saturated rings. The first-order valence-electron chi connectivity index (χ1n) is 10.4. The largest absolute Gasteiger partial charge is 0.466 e. The van der Waals surface area contributed by atoms with E-state index < -0.39 is 0 Å². The highest BCUT2D eigenvalue weighted by Crippen LogP contribution is 2.25. The van der Waals surface area contributed by atoms with Gasteiger partial charge in [0.05, 0.1) is 12.5 Å². The van der Waals surface area contributed by atoms with Crippen molar-refractivity contribution in [3.8, 4) is 0 Å². The topological polar surface area (TPSA) is 32.8 Å². The average Bonchev–Trinajstić information content (AvgIpc) is 2.74. The summed E-state index contributed by atoms with van der Waals surface area (Å²) < 4.78 is 18.5. The first-order chi connectivity index (χ1) is 14.1. The Morgan fingerprint density at radius 2 is 1.86 bits per heavy atom. The Kier molecular flexibility index (Phi) is 7.78. The van der Waals surface area contributed by atoms with Crippen LogP contribution in [0, 0.1) is 11.7 Å². The number of hydrogen-bond donors (Lipinski definition) is 0. The summed E-state index contributed by atoms with van der Waals surface area (Å²) in [5.74, 6) is -0.479. The molecule has 0 aliphatic carbocycles. The SMILES string of the molecule is CCOC(=O)C1CN(CCc2ccc(F)cc2)CCC1N(C)Cc1ccccc1. The number of hydrogen-bond acceptors (Lipinski definition) is 4. The van der Waals surface area contributed by atoms with Gasteiger partial charge in [0.25, 0.3) is 0 Å². The molecule has 0 amide bonds. The lowest BCUT2D eigenvalue weighted by Gasteiger charge is -2.41. The van der Waals surface area contributed by atoms with E-state index in [0.29, 0.717) is 13.2 Å². The number of carbonyl (C=O) groups is 1. The zero-order chi connectivity index (χ0) is 20.6. The molecule has 0 bridgehead atoms. The molecule has 0 radical (unpaired) electrons. The van der Waals surface area contributed by atoms with Crippen LogP contribution in [0.1, 0.15) is 24.5 Å². The van der Waals surface area contributed by atoms with Crippen molar-refractivity contribution in [2.75, 3.05) is 33.3 Å². The molecule has 156 valence electrons. The van der Waals surface area contributed by atoms with Crippen molar-refractivity contribution in [2.45, 2.75) is 32.4 Å². The van der Waals surface area contributed by atoms with Crippen LogP contribution >= 0.6 is 0 Å². The van der Waals surface area contributed by atoms with Crippen molar-refractivity contribution in [2.24, 2.45) is 5.92 Å². The van der Waals surface area contributed by atoms with E-state index in [0.717, 1.165) is 38.0 Å². The van der Waals surface area contributed by atoms with Gasteiger partial charge in [0.1, 0.15) is 5.82 Å². The normalized spacial score (nSPS) is 20.0. The Morgan fingerprint density at radius 3 is 2.55 bits per heavy atom. The second-order valence-corrected chi connectivity index (χ2v) is 7.79. The maximum absolute atomic E-state index is 13.1. The molecule has 2 aromatic rings. The summed E-state index contributed by atoms with van der Waals surface area (Å²) in [7, 11) is 2.10. The van der Waals surface area contributed by atoms with Crippen LogP contribution in [0.15, 0.2) is 54.6 Å². The van der Waals surface area contributed by atoms with E-state index in [1.54, 1.807) is 0 Å². The number of carbonyl (C=O) groups excluding carboxylic acids is 1. The van der Waals surface area contributed by atoms with Crippen LogP contribution in [-0.4, -0.2) is 55.1 Å². The van der Waals surface area contributed by atoms with Gasteiger partial charge in [-0.1, -0.05) is 42.5 Å². The van der Waals surface area contributed by atoms with Gasteiger partial charge in [-0.2, -0.15) is 0 Å². The molecule has 29 heavy (non-hydrogen) atoms. The van der Waals surface area contributed by atoms with Crippen molar-refractivity contribution in [1.29, 1.82) is 0 Å². The Morgan fingerprint density at radius 1 is 1.14 bits per heavy atom. The molecule has 3 rings (SSSR count). The summed E-state index contributed by atoms with van der Waals surface area (Å²) in [6, 6.07) is 17.2. The molecule has 0 saturated carbocycles. The Labute approximate surface area is 173 Å². The highest BCUT2D eigenvalue weighted by molar-refractivity contribution is 5.73. The second-order valence-electron chi connectivity index (χ2n) is 7.79. The number of rotatable bonds is 8. The van der Waals surface area contributed by atoms with Crippen LogP contribution in [0.4, 0.5) is 4.39 Å². The highest BCUT2D eigenvalue weighted by atomic mass is 19.1. The van der Waals surface area contributed by atoms with Gasteiger partial charge in [-0.15, -0.1) is 0 Å². The van der Waals surface area contributed by atoms with Gasteiger partial charge in [0.2, 0.25) is 0 Å². The molecule has 1 aliphatic rings. The molecule has 4 nitrogen and oxygen atoms in total. The highest BCUT2D eigenvalue weighted by Gasteiger charge is 2.37. The number of benzene rings is 2. The first-order valence-corrected chi connectivity index (χ1v) is 10.4. The molecule has 2 unspecified atom stereocenters. The molecule has 0 N–H and O–H groups in total. The van der Waals surface area contributed by atoms with E-state index in [1.807, 2.05) is 37.3 Å². The van der Waals surface area contributed by atoms with Crippen LogP contribution in [0.5, 0.6) is 0 Å². The van der Waals surface area contributed by atoms with Gasteiger partial charge in [0.15, 0.2) is 0 Å². The van der Waals surface area contributed by atoms with Gasteiger partial charge in [-0.3, -0.25) is 9.69 Å². The van der Waals surface area contributed by atoms with E-state index in [1.165, 1.54) is 17.7 Å². The minimum absolute atomic E-state index is 0.108. The minimum Gasteiger partial charge on any atom is -0.466 e. The summed E-state index contributed by atoms with van der Waals surface area (Å²) in [5.41, 5.74) is 2.36. The maximum Gasteiger partial charge on any atom is 0.311 e. The van der Waals surface area contributed by atoms with Crippen molar-refractivity contribution in [3.05, 3.63) is 71.5 Å². The van der Waals surface area contributed by atoms with Crippen LogP contribution in [0.25, 0.3) is 0 Å². The Hall–Kier alpha value is -2.24. The van der Waals surface area contributed by atoms with Gasteiger partial charge in [0, 0.05) is 25.7 Å². The molecule has 1 aliphatic heterocycles. The monoisotopic (exact) mass is 398 g/mol. The molecular weight excluding hydrogens is 367 g/mol. The second kappa shape index (κ2) is 10.5. The van der Waals surface area contributed by atoms with Gasteiger partial charge in [-0.05, 0) is 56.6 Å². The zero-order valence-corrected chi connectivity index (χ0v) is 17.4. The third kappa shape index (κ3) is 6.12. The van der Waals surface area contributed by atoms with E-state index in [2.05, 4.69) is 29.0 Å². The summed E-state index contributed by atoms with van der Waals surface area (Å²) in [5, 5.41) is 0. The van der Waals surface area contributed by atoms with Crippen LogP contribution in [0.2, 0.25) is 0 Å². The molecule has 0 spiro atoms. The predicted octanol–water partition coefficient (Wildman–Crippen LogP) is 3.75. The van der Waals surface area contributed by atoms with Crippen LogP contribution in [-0.2, 0) is 22.5 Å². The molecular formula is C24H31FN2O2. The zero-order valence-electron chi connectivity index (χ0n) is 17.4. The van der Waals surface area contributed by atoms with Crippen molar-refractivity contribution < 1.29 is 13.9 Å². The minimum atomic E-state index is -0.210. The number of likely N-dealkylation sites (tertiary alicyclic amines) is 1. The summed E-state index contributed by atoms with van der Waals surface area (Å²) in [6.45, 7) is 5.58. The molecule has 2 atom stereocenters. The lowest BCUT2D eigenvalue weighted by atomic mass is 9.90. The van der Waals surface area contributed by atoms with Gasteiger partial charge < -0.3 is 9.64 Å². The van der Waals surface area contributed by atoms with Crippen molar-refractivity contribution in [3.63, 3.8) is 0 Å². The third-order valence-electron chi connectivity index (χ3n) is 5.72. The molecule has 5 heteroatoms. The molecule has 1 heterocycles. The van der Waals surface area contributed by atoms with Crippen molar-refractivity contribution in [1.82, 2.24) is 9.80 Å². The number of nitrogens with zero attached hydrogens (tertiary/aromatic N) is 2. The standard InChI is InChI=1S/C24H31FN2O2/c1-3-29-24(28)22-18-27(15-13-19-9-11-21(25)12-10-19)16-14-23(22)26(2)17-20-7-5-4-6-8-20/h4-12,22-23H,3,13-18H2,1-2H3. The average molecular weight is 399 g/mol. The van der Waals surface area contributed by atoms with E-state index >= 15 is 0 Å². The predicted molar refractivity (Wildman–Crippen MR) is 113 cm³/mol. The molecule has 0 aromatic heterocycles. The van der Waals surface area contributed by atoms with Crippen LogP contribution < -0.4 is 0 Å². The molecule has 2 aromatic carbocycles. The van der Waals surface area contributed by atoms with Crippen LogP contribution in [0.3, 0.4) is 0 Å². The summed E-state index contributed by atoms with van der Waals surface area (Å²) in [6.07, 6.45) is 1.77. The lowest BCUT2D eigenvalue weighted by molar-refractivity contribution is -0.153. The fourth-order valence-corrected chi connectivity index (χ4v) is 4.15. The Bertz CT molecular complexity index is 766. The third-order valence-corrected chi connectivity index (χ3v) is 5.72. The smallest absolute Gasteiger partial charge is 0.311 e. The molecule has 1 saturated heterocycles. The van der Waals surface area contributed by atoms with Gasteiger partial charge >= 0.3 is 5.97 Å². The number of halogens is 1. The summed E-state index contributed by atoms with van der Waals surface area (Å²) in [4.78, 5) is 17.3. The fraction of sp³-hybridized carbons (Fsp3) is 0.458. The van der Waals surface area contributed by atoms with Crippen molar-refractivity contribution >= 4 is 5.97 Å². The maximum atomic E-state index is 13.1. The van der Waals surface area contributed by atoms with E-state index in [4.69, 9.17) is 4.74 Å². The number of ether oxygens (including phenoxy) is 1.